The van der Waals surface area contributed by atoms with Crippen molar-refractivity contribution in [3.63, 3.8) is 0 Å². The van der Waals surface area contributed by atoms with E-state index in [2.05, 4.69) is 13.3 Å². The van der Waals surface area contributed by atoms with Gasteiger partial charge in [-0.15, -0.1) is 0 Å². The second-order valence-electron chi connectivity index (χ2n) is 5.10. The standard InChI is InChI=1S/C12H20F3N3O2S3/c13-12(14,15)23-16-21-8-1-9-22-18-5-3-17(4-6-18)10-2-7-20-11(10)19/h10,16H,1-9H2. The van der Waals surface area contributed by atoms with Gasteiger partial charge in [-0.1, -0.05) is 23.9 Å². The zero-order valence-corrected chi connectivity index (χ0v) is 15.0. The highest BCUT2D eigenvalue weighted by molar-refractivity contribution is 8.13. The quantitative estimate of drug-likeness (QED) is 0.384. The first-order valence-electron chi connectivity index (χ1n) is 7.36. The van der Waals surface area contributed by atoms with E-state index in [0.717, 1.165) is 56.7 Å². The monoisotopic (exact) mass is 391 g/mol. The highest BCUT2D eigenvalue weighted by Crippen LogP contribution is 2.29. The molecule has 2 aliphatic rings. The third kappa shape index (κ3) is 7.30. The third-order valence-corrected chi connectivity index (χ3v) is 6.23. The molecule has 0 amide bonds. The Balaban J connectivity index is 1.48. The highest BCUT2D eigenvalue weighted by Gasteiger charge is 2.34. The topological polar surface area (TPSA) is 44.8 Å². The maximum absolute atomic E-state index is 11.9. The predicted octanol–water partition coefficient (Wildman–Crippen LogP) is 2.36. The molecular weight excluding hydrogens is 371 g/mol. The maximum atomic E-state index is 11.9. The molecule has 0 aromatic rings. The molecular formula is C12H20F3N3O2S3. The minimum absolute atomic E-state index is 0.0734. The Morgan fingerprint density at radius 3 is 2.57 bits per heavy atom. The van der Waals surface area contributed by atoms with Crippen molar-refractivity contribution >= 4 is 41.8 Å². The van der Waals surface area contributed by atoms with Crippen LogP contribution in [0.15, 0.2) is 0 Å². The summed E-state index contributed by atoms with van der Waals surface area (Å²) in [5.41, 5.74) is -4.23. The van der Waals surface area contributed by atoms with Crippen molar-refractivity contribution in [2.24, 2.45) is 0 Å². The molecule has 11 heteroatoms. The van der Waals surface area contributed by atoms with Crippen molar-refractivity contribution in [1.82, 2.24) is 13.3 Å². The summed E-state index contributed by atoms with van der Waals surface area (Å²) in [6, 6.07) is -0.0734. The largest absolute Gasteiger partial charge is 0.464 e. The number of esters is 1. The Morgan fingerprint density at radius 2 is 1.96 bits per heavy atom. The van der Waals surface area contributed by atoms with Crippen LogP contribution in [0.1, 0.15) is 12.8 Å². The van der Waals surface area contributed by atoms with Crippen LogP contribution in [0.25, 0.3) is 0 Å². The predicted molar refractivity (Wildman–Crippen MR) is 88.8 cm³/mol. The second kappa shape index (κ2) is 9.62. The summed E-state index contributed by atoms with van der Waals surface area (Å²) < 4.78 is 45.2. The van der Waals surface area contributed by atoms with Gasteiger partial charge in [-0.25, -0.2) is 8.43 Å². The molecule has 0 aliphatic carbocycles. The van der Waals surface area contributed by atoms with Gasteiger partial charge in [0.05, 0.1) is 6.61 Å². The van der Waals surface area contributed by atoms with Gasteiger partial charge >= 0.3 is 11.5 Å². The Labute approximate surface area is 146 Å². The number of alkyl halides is 3. The number of nitrogens with one attached hydrogen (secondary N) is 1. The summed E-state index contributed by atoms with van der Waals surface area (Å²) in [6.45, 7) is 4.01. The van der Waals surface area contributed by atoms with E-state index in [1.54, 1.807) is 11.9 Å². The number of nitrogens with zero attached hydrogens (tertiary/aromatic N) is 2. The number of carbonyl (C=O) groups excluding carboxylic acids is 1. The molecule has 1 atom stereocenters. The van der Waals surface area contributed by atoms with Crippen molar-refractivity contribution in [2.45, 2.75) is 24.4 Å². The van der Waals surface area contributed by atoms with Gasteiger partial charge in [0, 0.05) is 56.1 Å². The number of halogens is 3. The summed E-state index contributed by atoms with van der Waals surface area (Å²) in [4.78, 5) is 13.7. The first kappa shape index (κ1) is 19.5. The molecule has 5 nitrogen and oxygen atoms in total. The summed E-state index contributed by atoms with van der Waals surface area (Å²) in [5, 5.41) is 0. The lowest BCUT2D eigenvalue weighted by Crippen LogP contribution is -2.49. The van der Waals surface area contributed by atoms with Crippen molar-refractivity contribution < 1.29 is 22.7 Å². The summed E-state index contributed by atoms with van der Waals surface area (Å²) in [6.07, 6.45) is 1.63. The van der Waals surface area contributed by atoms with Crippen molar-refractivity contribution in [3.8, 4) is 0 Å². The highest BCUT2D eigenvalue weighted by atomic mass is 32.2. The van der Waals surface area contributed by atoms with Crippen molar-refractivity contribution in [2.75, 3.05) is 44.3 Å². The molecule has 2 rings (SSSR count). The van der Waals surface area contributed by atoms with Crippen LogP contribution in [0.3, 0.4) is 0 Å². The van der Waals surface area contributed by atoms with Crippen LogP contribution in [0.5, 0.6) is 0 Å². The lowest BCUT2D eigenvalue weighted by molar-refractivity contribution is -0.142. The number of ether oxygens (including phenoxy) is 1. The average molecular weight is 392 g/mol. The van der Waals surface area contributed by atoms with E-state index in [0.29, 0.717) is 12.4 Å². The van der Waals surface area contributed by atoms with Crippen LogP contribution < -0.4 is 4.13 Å². The van der Waals surface area contributed by atoms with Crippen LogP contribution in [0, 0.1) is 0 Å². The third-order valence-electron chi connectivity index (χ3n) is 3.50. The smallest absolute Gasteiger partial charge is 0.456 e. The first-order chi connectivity index (χ1) is 11.0. The van der Waals surface area contributed by atoms with Crippen molar-refractivity contribution in [1.29, 1.82) is 0 Å². The molecule has 134 valence electrons. The molecule has 2 saturated heterocycles. The molecule has 0 bridgehead atoms. The van der Waals surface area contributed by atoms with Crippen LogP contribution in [-0.2, 0) is 9.53 Å². The summed E-state index contributed by atoms with van der Waals surface area (Å²) in [5.74, 6) is 1.42. The molecule has 2 aliphatic heterocycles. The normalized spacial score (nSPS) is 24.1. The fraction of sp³-hybridized carbons (Fsp3) is 0.917. The van der Waals surface area contributed by atoms with E-state index in [1.165, 1.54) is 0 Å². The van der Waals surface area contributed by atoms with Crippen LogP contribution in [0.2, 0.25) is 0 Å². The number of piperazine rings is 1. The van der Waals surface area contributed by atoms with E-state index in [1.807, 2.05) is 0 Å². The van der Waals surface area contributed by atoms with Gasteiger partial charge < -0.3 is 4.74 Å². The van der Waals surface area contributed by atoms with E-state index in [9.17, 15) is 18.0 Å². The second-order valence-corrected chi connectivity index (χ2v) is 8.32. The number of rotatable bonds is 8. The molecule has 0 radical (unpaired) electrons. The fourth-order valence-electron chi connectivity index (χ4n) is 2.40. The van der Waals surface area contributed by atoms with E-state index in [-0.39, 0.29) is 24.0 Å². The molecule has 0 aromatic carbocycles. The molecule has 1 N–H and O–H groups in total. The minimum atomic E-state index is -4.23. The summed E-state index contributed by atoms with van der Waals surface area (Å²) in [7, 11) is 0. The van der Waals surface area contributed by atoms with E-state index >= 15 is 0 Å². The van der Waals surface area contributed by atoms with Gasteiger partial charge in [-0.3, -0.25) is 9.69 Å². The summed E-state index contributed by atoms with van der Waals surface area (Å²) >= 11 is 2.60. The molecule has 0 aromatic heterocycles. The fourth-order valence-corrected chi connectivity index (χ4v) is 4.78. The van der Waals surface area contributed by atoms with Gasteiger partial charge in [0.1, 0.15) is 6.04 Å². The van der Waals surface area contributed by atoms with E-state index < -0.39 is 5.51 Å². The SMILES string of the molecule is O=C1OCCC1N1CCN(SCCCSNSC(F)(F)F)CC1. The Hall–Kier alpha value is 0.190. The van der Waals surface area contributed by atoms with Gasteiger partial charge in [0.2, 0.25) is 0 Å². The Kier molecular flexibility index (Phi) is 8.16. The molecule has 0 spiro atoms. The molecule has 2 heterocycles. The van der Waals surface area contributed by atoms with Crippen LogP contribution >= 0.6 is 35.8 Å². The lowest BCUT2D eigenvalue weighted by Gasteiger charge is -2.35. The van der Waals surface area contributed by atoms with E-state index in [4.69, 9.17) is 4.74 Å². The maximum Gasteiger partial charge on any atom is 0.456 e. The molecule has 0 saturated carbocycles. The van der Waals surface area contributed by atoms with Gasteiger partial charge in [-0.05, 0) is 6.42 Å². The molecule has 2 fully saturated rings. The zero-order valence-electron chi connectivity index (χ0n) is 12.5. The molecule has 1 unspecified atom stereocenters. The van der Waals surface area contributed by atoms with Gasteiger partial charge in [-0.2, -0.15) is 13.2 Å². The lowest BCUT2D eigenvalue weighted by atomic mass is 10.2. The van der Waals surface area contributed by atoms with Gasteiger partial charge in [0.25, 0.3) is 0 Å². The number of carbonyl (C=O) groups is 1. The Morgan fingerprint density at radius 1 is 1.22 bits per heavy atom. The Bertz CT molecular complexity index is 382. The number of hydrogen-bond donors (Lipinski definition) is 1. The van der Waals surface area contributed by atoms with Gasteiger partial charge in [0.15, 0.2) is 0 Å². The minimum Gasteiger partial charge on any atom is -0.464 e. The first-order valence-corrected chi connectivity index (χ1v) is 10.1. The zero-order chi connectivity index (χ0) is 16.7. The van der Waals surface area contributed by atoms with Crippen LogP contribution in [-0.4, -0.2) is 71.0 Å². The van der Waals surface area contributed by atoms with Crippen molar-refractivity contribution in [3.05, 3.63) is 0 Å². The number of hydrogen-bond acceptors (Lipinski definition) is 8. The molecule has 23 heavy (non-hydrogen) atoms. The van der Waals surface area contributed by atoms with Crippen LogP contribution in [0.4, 0.5) is 13.2 Å². The average Bonchev–Trinajstić information content (AvgIpc) is 2.92. The number of cyclic esters (lactones) is 1.